The van der Waals surface area contributed by atoms with Gasteiger partial charge in [-0.15, -0.1) is 10.2 Å². The summed E-state index contributed by atoms with van der Waals surface area (Å²) in [4.78, 5) is 33.7. The van der Waals surface area contributed by atoms with Gasteiger partial charge in [0.2, 0.25) is 22.0 Å². The lowest BCUT2D eigenvalue weighted by Gasteiger charge is -2.12. The van der Waals surface area contributed by atoms with Crippen molar-refractivity contribution in [2.45, 2.75) is 19.0 Å². The number of amides is 2. The molecule has 1 fully saturated rings. The molecule has 0 aliphatic carbocycles. The number of carbonyl (C=O) groups is 3. The second kappa shape index (κ2) is 9.96. The average Bonchev–Trinajstić information content (AvgIpc) is 3.30. The maximum Gasteiger partial charge on any atom is 0.445 e. The Morgan fingerprint density at radius 1 is 1.31 bits per heavy atom. The van der Waals surface area contributed by atoms with Crippen LogP contribution in [0, 0.1) is 5.92 Å². The Morgan fingerprint density at radius 2 is 1.97 bits per heavy atom. The van der Waals surface area contributed by atoms with Gasteiger partial charge in [0, 0.05) is 19.5 Å². The monoisotopic (exact) mass is 430 g/mol. The van der Waals surface area contributed by atoms with E-state index in [-0.39, 0.29) is 30.5 Å². The molecule has 1 atom stereocenters. The van der Waals surface area contributed by atoms with Gasteiger partial charge < -0.3 is 10.4 Å². The van der Waals surface area contributed by atoms with Crippen LogP contribution in [0.15, 0.2) is 30.3 Å². The van der Waals surface area contributed by atoms with E-state index in [0.29, 0.717) is 24.3 Å². The van der Waals surface area contributed by atoms with Crippen molar-refractivity contribution in [2.75, 3.05) is 18.0 Å². The van der Waals surface area contributed by atoms with Gasteiger partial charge in [-0.2, -0.15) is 13.2 Å². The molecule has 0 radical (unpaired) electrons. The molecular weight excluding hydrogens is 413 g/mol. The summed E-state index contributed by atoms with van der Waals surface area (Å²) in [7, 11) is 0. The van der Waals surface area contributed by atoms with Crippen molar-refractivity contribution < 1.29 is 32.7 Å². The summed E-state index contributed by atoms with van der Waals surface area (Å²) in [5, 5.41) is 14.9. The smallest absolute Gasteiger partial charge is 0.445 e. The minimum absolute atomic E-state index is 0.00247. The van der Waals surface area contributed by atoms with Crippen molar-refractivity contribution in [1.82, 2.24) is 15.5 Å². The lowest BCUT2D eigenvalue weighted by Crippen LogP contribution is -2.34. The van der Waals surface area contributed by atoms with Crippen LogP contribution in [-0.2, 0) is 27.0 Å². The van der Waals surface area contributed by atoms with Crippen LogP contribution in [0.2, 0.25) is 0 Å². The zero-order chi connectivity index (χ0) is 21.4. The zero-order valence-corrected chi connectivity index (χ0v) is 15.7. The lowest BCUT2D eigenvalue weighted by atomic mass is 10.1. The van der Waals surface area contributed by atoms with Gasteiger partial charge in [0.25, 0.3) is 6.47 Å². The number of hydrogen-bond donors (Lipinski definition) is 2. The van der Waals surface area contributed by atoms with E-state index in [1.807, 2.05) is 30.3 Å². The third-order valence-electron chi connectivity index (χ3n) is 3.94. The zero-order valence-electron chi connectivity index (χ0n) is 14.9. The normalized spacial score (nSPS) is 16.2. The first kappa shape index (κ1) is 22.3. The molecule has 3 rings (SSSR count). The number of rotatable bonds is 5. The maximum atomic E-state index is 12.6. The van der Waals surface area contributed by atoms with Gasteiger partial charge in [-0.1, -0.05) is 41.7 Å². The first-order valence-corrected chi connectivity index (χ1v) is 9.18. The van der Waals surface area contributed by atoms with Crippen LogP contribution in [0.25, 0.3) is 0 Å². The van der Waals surface area contributed by atoms with Crippen molar-refractivity contribution in [2.24, 2.45) is 5.92 Å². The molecule has 2 amide bonds. The molecule has 0 spiro atoms. The van der Waals surface area contributed by atoms with Crippen molar-refractivity contribution in [3.63, 3.8) is 0 Å². The summed E-state index contributed by atoms with van der Waals surface area (Å²) < 4.78 is 37.8. The molecule has 1 aliphatic heterocycles. The number of nitrogens with zero attached hydrogens (tertiary/aromatic N) is 3. The van der Waals surface area contributed by atoms with Crippen molar-refractivity contribution in [1.29, 1.82) is 0 Å². The lowest BCUT2D eigenvalue weighted by molar-refractivity contribution is -0.138. The molecule has 2 aromatic rings. The highest BCUT2D eigenvalue weighted by Crippen LogP contribution is 2.36. The van der Waals surface area contributed by atoms with Gasteiger partial charge in [-0.25, -0.2) is 0 Å². The third kappa shape index (κ3) is 6.24. The van der Waals surface area contributed by atoms with Crippen LogP contribution in [0.3, 0.4) is 0 Å². The van der Waals surface area contributed by atoms with Crippen LogP contribution in [0.5, 0.6) is 0 Å². The molecule has 29 heavy (non-hydrogen) atoms. The van der Waals surface area contributed by atoms with Crippen molar-refractivity contribution >= 4 is 34.8 Å². The molecule has 0 saturated carbocycles. The Bertz CT molecular complexity index is 845. The molecule has 12 heteroatoms. The summed E-state index contributed by atoms with van der Waals surface area (Å²) in [5.41, 5.74) is 1.07. The summed E-state index contributed by atoms with van der Waals surface area (Å²) in [6, 6.07) is 9.60. The highest BCUT2D eigenvalue weighted by Gasteiger charge is 2.40. The van der Waals surface area contributed by atoms with Crippen LogP contribution in [0.1, 0.15) is 17.0 Å². The Balaban J connectivity index is 0.000000941. The quantitative estimate of drug-likeness (QED) is 0.702. The predicted octanol–water partition coefficient (Wildman–Crippen LogP) is 1.97. The number of aromatic nitrogens is 2. The molecule has 1 aromatic carbocycles. The molecule has 2 N–H and O–H groups in total. The molecule has 8 nitrogen and oxygen atoms in total. The van der Waals surface area contributed by atoms with Crippen LogP contribution < -0.4 is 10.2 Å². The van der Waals surface area contributed by atoms with Crippen molar-refractivity contribution in [3.05, 3.63) is 40.9 Å². The largest absolute Gasteiger partial charge is 0.483 e. The topological polar surface area (TPSA) is 112 Å². The Morgan fingerprint density at radius 3 is 2.55 bits per heavy atom. The first-order chi connectivity index (χ1) is 13.8. The highest BCUT2D eigenvalue weighted by molar-refractivity contribution is 7.15. The minimum Gasteiger partial charge on any atom is -0.483 e. The third-order valence-corrected chi connectivity index (χ3v) is 4.93. The number of nitrogens with one attached hydrogen (secondary N) is 1. The summed E-state index contributed by atoms with van der Waals surface area (Å²) in [6.45, 7) is 0.174. The van der Waals surface area contributed by atoms with Gasteiger partial charge in [0.05, 0.1) is 5.92 Å². The maximum absolute atomic E-state index is 12.6. The standard InChI is InChI=1S/C16H15F3N4O2S.CH2O2/c17-16(18,19)14-21-22-15(26-14)23-9-11(8-12(23)24)13(25)20-7-6-10-4-2-1-3-5-10;2-1-3/h1-5,11H,6-9H2,(H,20,25);1H,(H,2,3). The molecule has 156 valence electrons. The average molecular weight is 430 g/mol. The fourth-order valence-electron chi connectivity index (χ4n) is 2.63. The molecule has 1 unspecified atom stereocenters. The molecule has 1 aliphatic rings. The Kier molecular flexibility index (Phi) is 7.65. The summed E-state index contributed by atoms with van der Waals surface area (Å²) in [5.74, 6) is -1.34. The van der Waals surface area contributed by atoms with Gasteiger partial charge in [0.1, 0.15) is 0 Å². The predicted molar refractivity (Wildman–Crippen MR) is 97.2 cm³/mol. The number of halogens is 3. The fourth-order valence-corrected chi connectivity index (χ4v) is 3.36. The number of anilines is 1. The number of carbonyl (C=O) groups excluding carboxylic acids is 2. The Labute approximate surface area is 167 Å². The summed E-state index contributed by atoms with van der Waals surface area (Å²) in [6.07, 6.45) is -4.01. The van der Waals surface area contributed by atoms with E-state index < -0.39 is 23.0 Å². The van der Waals surface area contributed by atoms with Gasteiger partial charge in [0.15, 0.2) is 0 Å². The number of alkyl halides is 3. The van der Waals surface area contributed by atoms with E-state index in [1.54, 1.807) is 0 Å². The molecular formula is C17H17F3N4O4S. The first-order valence-electron chi connectivity index (χ1n) is 8.36. The Hall–Kier alpha value is -3.02. The molecule has 1 saturated heterocycles. The van der Waals surface area contributed by atoms with E-state index in [4.69, 9.17) is 9.90 Å². The van der Waals surface area contributed by atoms with Crippen molar-refractivity contribution in [3.8, 4) is 0 Å². The number of benzene rings is 1. The van der Waals surface area contributed by atoms with Gasteiger partial charge in [-0.3, -0.25) is 19.3 Å². The molecule has 0 bridgehead atoms. The van der Waals surface area contributed by atoms with E-state index >= 15 is 0 Å². The highest BCUT2D eigenvalue weighted by atomic mass is 32.1. The number of carboxylic acid groups (broad SMARTS) is 1. The van der Waals surface area contributed by atoms with E-state index in [0.717, 1.165) is 10.5 Å². The van der Waals surface area contributed by atoms with Crippen LogP contribution in [-0.4, -0.2) is 46.7 Å². The van der Waals surface area contributed by atoms with E-state index in [1.165, 1.54) is 0 Å². The minimum atomic E-state index is -4.60. The molecule has 1 aromatic heterocycles. The van der Waals surface area contributed by atoms with Gasteiger partial charge in [-0.05, 0) is 12.0 Å². The second-order valence-electron chi connectivity index (χ2n) is 5.92. The van der Waals surface area contributed by atoms with Crippen LogP contribution in [0.4, 0.5) is 18.3 Å². The van der Waals surface area contributed by atoms with E-state index in [9.17, 15) is 22.8 Å². The van der Waals surface area contributed by atoms with Crippen LogP contribution >= 0.6 is 11.3 Å². The van der Waals surface area contributed by atoms with Gasteiger partial charge >= 0.3 is 6.18 Å². The van der Waals surface area contributed by atoms with E-state index in [2.05, 4.69) is 15.5 Å². The molecule has 2 heterocycles. The number of hydrogen-bond acceptors (Lipinski definition) is 6. The fraction of sp³-hybridized carbons (Fsp3) is 0.353. The second-order valence-corrected chi connectivity index (χ2v) is 6.88. The SMILES string of the molecule is O=C(NCCc1ccccc1)C1CC(=O)N(c2nnc(C(F)(F)F)s2)C1.O=CO. The summed E-state index contributed by atoms with van der Waals surface area (Å²) >= 11 is 0.296.